The van der Waals surface area contributed by atoms with E-state index in [4.69, 9.17) is 10.5 Å². The second kappa shape index (κ2) is 7.50. The molecule has 1 saturated heterocycles. The van der Waals surface area contributed by atoms with Gasteiger partial charge in [-0.05, 0) is 43.9 Å². The molecule has 5 heteroatoms. The molecule has 0 aliphatic carbocycles. The maximum Gasteiger partial charge on any atom is 0.260 e. The van der Waals surface area contributed by atoms with Gasteiger partial charge < -0.3 is 15.4 Å². The van der Waals surface area contributed by atoms with Crippen LogP contribution in [0.2, 0.25) is 0 Å². The van der Waals surface area contributed by atoms with Crippen molar-refractivity contribution in [1.29, 1.82) is 0 Å². The van der Waals surface area contributed by atoms with Gasteiger partial charge in [0, 0.05) is 19.1 Å². The van der Waals surface area contributed by atoms with E-state index in [1.807, 2.05) is 36.9 Å². The Morgan fingerprint density at radius 3 is 2.65 bits per heavy atom. The maximum absolute atomic E-state index is 12.0. The van der Waals surface area contributed by atoms with Crippen molar-refractivity contribution < 1.29 is 9.53 Å². The van der Waals surface area contributed by atoms with Crippen molar-refractivity contribution in [3.63, 3.8) is 0 Å². The van der Waals surface area contributed by atoms with Crippen molar-refractivity contribution >= 4 is 18.3 Å². The lowest BCUT2D eigenvalue weighted by Crippen LogP contribution is -2.44. The minimum Gasteiger partial charge on any atom is -0.483 e. The van der Waals surface area contributed by atoms with E-state index in [-0.39, 0.29) is 31.0 Å². The standard InChI is InChI=1S/C15H22N2O2.ClH/c1-11-3-4-12(2)14(9-11)19-10-15(18)17-7-5-13(16)6-8-17;/h3-4,9,13H,5-8,10,16H2,1-2H3;1H. The van der Waals surface area contributed by atoms with E-state index in [2.05, 4.69) is 0 Å². The normalized spacial score (nSPS) is 15.7. The molecule has 0 unspecified atom stereocenters. The third-order valence-corrected chi connectivity index (χ3v) is 3.59. The summed E-state index contributed by atoms with van der Waals surface area (Å²) in [5.74, 6) is 0.842. The Hall–Kier alpha value is -1.26. The molecule has 1 aromatic carbocycles. The second-order valence-corrected chi connectivity index (χ2v) is 5.28. The Kier molecular flexibility index (Phi) is 6.30. The summed E-state index contributed by atoms with van der Waals surface area (Å²) >= 11 is 0. The van der Waals surface area contributed by atoms with Crippen LogP contribution in [0.3, 0.4) is 0 Å². The molecule has 4 nitrogen and oxygen atoms in total. The SMILES string of the molecule is Cc1ccc(C)c(OCC(=O)N2CCC(N)CC2)c1.Cl. The zero-order valence-electron chi connectivity index (χ0n) is 12.1. The fourth-order valence-corrected chi connectivity index (χ4v) is 2.24. The van der Waals surface area contributed by atoms with Gasteiger partial charge in [0.2, 0.25) is 0 Å². The number of hydrogen-bond acceptors (Lipinski definition) is 3. The number of halogens is 1. The van der Waals surface area contributed by atoms with E-state index < -0.39 is 0 Å². The van der Waals surface area contributed by atoms with Crippen LogP contribution in [-0.4, -0.2) is 36.5 Å². The Balaban J connectivity index is 0.00000200. The molecule has 0 radical (unpaired) electrons. The van der Waals surface area contributed by atoms with Crippen LogP contribution in [0.5, 0.6) is 5.75 Å². The highest BCUT2D eigenvalue weighted by Crippen LogP contribution is 2.19. The van der Waals surface area contributed by atoms with Gasteiger partial charge in [0.25, 0.3) is 5.91 Å². The van der Waals surface area contributed by atoms with Gasteiger partial charge in [-0.1, -0.05) is 12.1 Å². The summed E-state index contributed by atoms with van der Waals surface area (Å²) in [6.45, 7) is 5.60. The number of carbonyl (C=O) groups is 1. The van der Waals surface area contributed by atoms with E-state index in [0.29, 0.717) is 0 Å². The van der Waals surface area contributed by atoms with Crippen molar-refractivity contribution in [1.82, 2.24) is 4.90 Å². The quantitative estimate of drug-likeness (QED) is 0.929. The predicted molar refractivity (Wildman–Crippen MR) is 82.4 cm³/mol. The molecule has 1 aliphatic heterocycles. The van der Waals surface area contributed by atoms with Crippen LogP contribution in [0.4, 0.5) is 0 Å². The number of aryl methyl sites for hydroxylation is 2. The highest BCUT2D eigenvalue weighted by atomic mass is 35.5. The van der Waals surface area contributed by atoms with Crippen LogP contribution >= 0.6 is 12.4 Å². The lowest BCUT2D eigenvalue weighted by molar-refractivity contribution is -0.134. The number of ether oxygens (including phenoxy) is 1. The molecule has 1 fully saturated rings. The minimum atomic E-state index is 0. The lowest BCUT2D eigenvalue weighted by atomic mass is 10.1. The van der Waals surface area contributed by atoms with Gasteiger partial charge in [-0.25, -0.2) is 0 Å². The molecule has 0 saturated carbocycles. The van der Waals surface area contributed by atoms with Crippen molar-refractivity contribution in [2.75, 3.05) is 19.7 Å². The molecular formula is C15H23ClN2O2. The average Bonchev–Trinajstić information content (AvgIpc) is 2.40. The molecule has 20 heavy (non-hydrogen) atoms. The summed E-state index contributed by atoms with van der Waals surface area (Å²) in [4.78, 5) is 13.9. The number of piperidine rings is 1. The zero-order chi connectivity index (χ0) is 13.8. The third kappa shape index (κ3) is 4.39. The molecule has 1 heterocycles. The first-order chi connectivity index (χ1) is 9.06. The summed E-state index contributed by atoms with van der Waals surface area (Å²) in [7, 11) is 0. The Bertz CT molecular complexity index is 457. The van der Waals surface area contributed by atoms with Crippen LogP contribution in [0.15, 0.2) is 18.2 Å². The van der Waals surface area contributed by atoms with Crippen molar-refractivity contribution in [3.8, 4) is 5.75 Å². The second-order valence-electron chi connectivity index (χ2n) is 5.28. The first-order valence-corrected chi connectivity index (χ1v) is 6.79. The molecule has 2 N–H and O–H groups in total. The van der Waals surface area contributed by atoms with Gasteiger partial charge >= 0.3 is 0 Å². The summed E-state index contributed by atoms with van der Waals surface area (Å²) < 4.78 is 5.64. The van der Waals surface area contributed by atoms with Gasteiger partial charge in [-0.15, -0.1) is 12.4 Å². The Morgan fingerprint density at radius 1 is 1.35 bits per heavy atom. The van der Waals surface area contributed by atoms with Gasteiger partial charge in [-0.3, -0.25) is 4.79 Å². The Morgan fingerprint density at radius 2 is 2.00 bits per heavy atom. The molecule has 0 bridgehead atoms. The Labute approximate surface area is 126 Å². The fraction of sp³-hybridized carbons (Fsp3) is 0.533. The molecule has 0 spiro atoms. The molecule has 1 aliphatic rings. The number of amides is 1. The maximum atomic E-state index is 12.0. The first-order valence-electron chi connectivity index (χ1n) is 6.79. The molecule has 1 amide bonds. The first kappa shape index (κ1) is 16.8. The topological polar surface area (TPSA) is 55.6 Å². The molecule has 2 rings (SSSR count). The highest BCUT2D eigenvalue weighted by molar-refractivity contribution is 5.85. The van der Waals surface area contributed by atoms with Crippen LogP contribution < -0.4 is 10.5 Å². The van der Waals surface area contributed by atoms with E-state index in [9.17, 15) is 4.79 Å². The summed E-state index contributed by atoms with van der Waals surface area (Å²) in [6.07, 6.45) is 1.77. The van der Waals surface area contributed by atoms with Crippen LogP contribution in [0.25, 0.3) is 0 Å². The summed E-state index contributed by atoms with van der Waals surface area (Å²) in [6, 6.07) is 6.25. The number of nitrogens with zero attached hydrogens (tertiary/aromatic N) is 1. The van der Waals surface area contributed by atoms with Crippen LogP contribution in [0, 0.1) is 13.8 Å². The van der Waals surface area contributed by atoms with Crippen molar-refractivity contribution in [2.24, 2.45) is 5.73 Å². The van der Waals surface area contributed by atoms with Gasteiger partial charge in [-0.2, -0.15) is 0 Å². The summed E-state index contributed by atoms with van der Waals surface area (Å²) in [5.41, 5.74) is 8.02. The monoisotopic (exact) mass is 298 g/mol. The molecule has 1 aromatic rings. The largest absolute Gasteiger partial charge is 0.483 e. The van der Waals surface area contributed by atoms with Crippen molar-refractivity contribution in [2.45, 2.75) is 32.7 Å². The molecule has 0 atom stereocenters. The third-order valence-electron chi connectivity index (χ3n) is 3.59. The number of hydrogen-bond donors (Lipinski definition) is 1. The van der Waals surface area contributed by atoms with E-state index in [0.717, 1.165) is 42.8 Å². The minimum absolute atomic E-state index is 0. The van der Waals surface area contributed by atoms with Crippen molar-refractivity contribution in [3.05, 3.63) is 29.3 Å². The smallest absolute Gasteiger partial charge is 0.260 e. The van der Waals surface area contributed by atoms with E-state index >= 15 is 0 Å². The number of benzene rings is 1. The molecular weight excluding hydrogens is 276 g/mol. The number of likely N-dealkylation sites (tertiary alicyclic amines) is 1. The number of carbonyl (C=O) groups excluding carboxylic acids is 1. The molecule has 0 aromatic heterocycles. The zero-order valence-corrected chi connectivity index (χ0v) is 12.9. The lowest BCUT2D eigenvalue weighted by Gasteiger charge is -2.30. The van der Waals surface area contributed by atoms with Crippen LogP contribution in [0.1, 0.15) is 24.0 Å². The van der Waals surface area contributed by atoms with E-state index in [1.54, 1.807) is 0 Å². The highest BCUT2D eigenvalue weighted by Gasteiger charge is 2.20. The fourth-order valence-electron chi connectivity index (χ4n) is 2.24. The molecule has 112 valence electrons. The number of rotatable bonds is 3. The number of nitrogens with two attached hydrogens (primary N) is 1. The average molecular weight is 299 g/mol. The van der Waals surface area contributed by atoms with Gasteiger partial charge in [0.05, 0.1) is 0 Å². The van der Waals surface area contributed by atoms with Gasteiger partial charge in [0.15, 0.2) is 6.61 Å². The predicted octanol–water partition coefficient (Wildman–Crippen LogP) is 2.05. The van der Waals surface area contributed by atoms with Gasteiger partial charge in [0.1, 0.15) is 5.75 Å². The van der Waals surface area contributed by atoms with E-state index in [1.165, 1.54) is 0 Å². The summed E-state index contributed by atoms with van der Waals surface area (Å²) in [5, 5.41) is 0. The van der Waals surface area contributed by atoms with Crippen LogP contribution in [-0.2, 0) is 4.79 Å².